The van der Waals surface area contributed by atoms with Gasteiger partial charge in [0, 0.05) is 4.48 Å². The van der Waals surface area contributed by atoms with Crippen molar-refractivity contribution in [3.8, 4) is 5.88 Å². The maximum Gasteiger partial charge on any atom is 0.331 e. The summed E-state index contributed by atoms with van der Waals surface area (Å²) in [5.41, 5.74) is -1.29. The van der Waals surface area contributed by atoms with E-state index < -0.39 is 11.2 Å². The second-order valence-corrected chi connectivity index (χ2v) is 3.52. The highest BCUT2D eigenvalue weighted by atomic mass is 79.9. The van der Waals surface area contributed by atoms with Gasteiger partial charge in [-0.15, -0.1) is 0 Å². The van der Waals surface area contributed by atoms with Crippen molar-refractivity contribution in [2.45, 2.75) is 6.54 Å². The second-order valence-electron chi connectivity index (χ2n) is 2.40. The van der Waals surface area contributed by atoms with Gasteiger partial charge < -0.3 is 5.11 Å². The standard InChI is InChI=1S/C7H7BrN2O3/c1-4(8)3-10-6(12)2-5(11)9-7(10)13/h2,12H,1,3H2,(H,9,11,13). The molecule has 2 N–H and O–H groups in total. The van der Waals surface area contributed by atoms with Crippen molar-refractivity contribution < 1.29 is 5.11 Å². The van der Waals surface area contributed by atoms with E-state index in [9.17, 15) is 14.7 Å². The van der Waals surface area contributed by atoms with Crippen molar-refractivity contribution in [1.29, 1.82) is 0 Å². The number of aromatic hydroxyl groups is 1. The molecular weight excluding hydrogens is 240 g/mol. The molecule has 0 aromatic carbocycles. The van der Waals surface area contributed by atoms with Crippen LogP contribution in [0.2, 0.25) is 0 Å². The van der Waals surface area contributed by atoms with Crippen molar-refractivity contribution >= 4 is 15.9 Å². The average molecular weight is 247 g/mol. The van der Waals surface area contributed by atoms with Crippen molar-refractivity contribution in [1.82, 2.24) is 9.55 Å². The van der Waals surface area contributed by atoms with Crippen LogP contribution in [-0.4, -0.2) is 14.7 Å². The fourth-order valence-electron chi connectivity index (χ4n) is 0.833. The van der Waals surface area contributed by atoms with Gasteiger partial charge in [-0.3, -0.25) is 14.3 Å². The third-order valence-electron chi connectivity index (χ3n) is 1.34. The Labute approximate surface area is 81.5 Å². The van der Waals surface area contributed by atoms with E-state index in [2.05, 4.69) is 22.5 Å². The predicted molar refractivity (Wildman–Crippen MR) is 51.1 cm³/mol. The van der Waals surface area contributed by atoms with Crippen LogP contribution in [0.15, 0.2) is 26.7 Å². The van der Waals surface area contributed by atoms with Gasteiger partial charge in [0.2, 0.25) is 5.88 Å². The first-order valence-electron chi connectivity index (χ1n) is 3.37. The first-order chi connectivity index (χ1) is 6.00. The van der Waals surface area contributed by atoms with Crippen LogP contribution in [0.25, 0.3) is 0 Å². The molecule has 0 aliphatic heterocycles. The molecule has 0 bridgehead atoms. The largest absolute Gasteiger partial charge is 0.494 e. The molecule has 0 radical (unpaired) electrons. The van der Waals surface area contributed by atoms with Crippen LogP contribution in [0, 0.1) is 0 Å². The van der Waals surface area contributed by atoms with Gasteiger partial charge in [0.05, 0.1) is 12.6 Å². The molecule has 70 valence electrons. The highest BCUT2D eigenvalue weighted by molar-refractivity contribution is 9.11. The quantitative estimate of drug-likeness (QED) is 0.781. The van der Waals surface area contributed by atoms with E-state index in [4.69, 9.17) is 0 Å². The Balaban J connectivity index is 3.29. The Bertz CT molecular complexity index is 446. The smallest absolute Gasteiger partial charge is 0.331 e. The van der Waals surface area contributed by atoms with Crippen LogP contribution in [0.5, 0.6) is 5.88 Å². The zero-order chi connectivity index (χ0) is 10.0. The molecule has 0 spiro atoms. The van der Waals surface area contributed by atoms with Crippen LogP contribution in [0.3, 0.4) is 0 Å². The number of H-pyrrole nitrogens is 1. The molecule has 0 saturated carbocycles. The predicted octanol–water partition coefficient (Wildman–Crippen LogP) is 0.151. The van der Waals surface area contributed by atoms with Crippen molar-refractivity contribution in [2.75, 3.05) is 0 Å². The van der Waals surface area contributed by atoms with E-state index in [1.807, 2.05) is 4.98 Å². The molecule has 13 heavy (non-hydrogen) atoms. The first kappa shape index (κ1) is 9.79. The maximum atomic E-state index is 11.1. The Morgan fingerprint density at radius 3 is 2.77 bits per heavy atom. The number of rotatable bonds is 2. The number of nitrogens with zero attached hydrogens (tertiary/aromatic N) is 1. The lowest BCUT2D eigenvalue weighted by Crippen LogP contribution is -2.29. The highest BCUT2D eigenvalue weighted by Crippen LogP contribution is 2.07. The van der Waals surface area contributed by atoms with Crippen molar-refractivity contribution in [2.24, 2.45) is 0 Å². The molecule has 1 aromatic heterocycles. The van der Waals surface area contributed by atoms with Crippen molar-refractivity contribution in [3.05, 3.63) is 38.0 Å². The number of hydrogen-bond acceptors (Lipinski definition) is 3. The SMILES string of the molecule is C=C(Br)Cn1c(O)cc(=O)[nH]c1=O. The Hall–Kier alpha value is -1.30. The molecule has 0 saturated heterocycles. The molecular formula is C7H7BrN2O3. The molecule has 1 aromatic rings. The van der Waals surface area contributed by atoms with Gasteiger partial charge in [0.15, 0.2) is 0 Å². The van der Waals surface area contributed by atoms with Crippen LogP contribution in [0.4, 0.5) is 0 Å². The Kier molecular flexibility index (Phi) is 2.72. The summed E-state index contributed by atoms with van der Waals surface area (Å²) in [6, 6.07) is 0.928. The lowest BCUT2D eigenvalue weighted by molar-refractivity contribution is 0.410. The first-order valence-corrected chi connectivity index (χ1v) is 4.16. The molecule has 0 amide bonds. The Morgan fingerprint density at radius 1 is 1.69 bits per heavy atom. The normalized spacial score (nSPS) is 9.92. The number of nitrogens with one attached hydrogen (secondary N) is 1. The Morgan fingerprint density at radius 2 is 2.31 bits per heavy atom. The van der Waals surface area contributed by atoms with Gasteiger partial charge in [-0.25, -0.2) is 4.79 Å². The van der Waals surface area contributed by atoms with Crippen LogP contribution in [-0.2, 0) is 6.54 Å². The minimum Gasteiger partial charge on any atom is -0.494 e. The summed E-state index contributed by atoms with van der Waals surface area (Å²) in [6.45, 7) is 3.62. The monoisotopic (exact) mass is 246 g/mol. The van der Waals surface area contributed by atoms with Gasteiger partial charge in [-0.1, -0.05) is 22.5 Å². The molecule has 0 aliphatic carbocycles. The number of halogens is 1. The third-order valence-corrected chi connectivity index (χ3v) is 1.59. The second kappa shape index (κ2) is 3.61. The van der Waals surface area contributed by atoms with Gasteiger partial charge in [0.25, 0.3) is 5.56 Å². The fourth-order valence-corrected chi connectivity index (χ4v) is 1.08. The number of hydrogen-bond donors (Lipinski definition) is 2. The molecule has 0 unspecified atom stereocenters. The molecule has 0 atom stereocenters. The van der Waals surface area contributed by atoms with E-state index in [1.54, 1.807) is 0 Å². The average Bonchev–Trinajstić information content (AvgIpc) is 1.96. The topological polar surface area (TPSA) is 75.1 Å². The molecule has 1 rings (SSSR count). The minimum atomic E-state index is -0.661. The molecule has 5 nitrogen and oxygen atoms in total. The third kappa shape index (κ3) is 2.32. The summed E-state index contributed by atoms with van der Waals surface area (Å²) in [7, 11) is 0. The van der Waals surface area contributed by atoms with E-state index in [0.29, 0.717) is 4.48 Å². The molecule has 0 fully saturated rings. The summed E-state index contributed by atoms with van der Waals surface area (Å²) in [4.78, 5) is 23.8. The number of allylic oxidation sites excluding steroid dienone is 1. The zero-order valence-corrected chi connectivity index (χ0v) is 8.17. The summed E-state index contributed by atoms with van der Waals surface area (Å²) in [5, 5.41) is 9.20. The van der Waals surface area contributed by atoms with Gasteiger partial charge in [-0.2, -0.15) is 0 Å². The number of aromatic amines is 1. The van der Waals surface area contributed by atoms with Crippen LogP contribution < -0.4 is 11.2 Å². The lowest BCUT2D eigenvalue weighted by Gasteiger charge is -2.04. The van der Waals surface area contributed by atoms with Gasteiger partial charge in [-0.05, 0) is 0 Å². The fraction of sp³-hybridized carbons (Fsp3) is 0.143. The van der Waals surface area contributed by atoms with Crippen LogP contribution in [0.1, 0.15) is 0 Å². The van der Waals surface area contributed by atoms with E-state index in [-0.39, 0.29) is 12.4 Å². The summed E-state index contributed by atoms with van der Waals surface area (Å²) < 4.78 is 1.51. The summed E-state index contributed by atoms with van der Waals surface area (Å²) in [5.74, 6) is -0.380. The zero-order valence-electron chi connectivity index (χ0n) is 6.58. The maximum absolute atomic E-state index is 11.1. The van der Waals surface area contributed by atoms with Gasteiger partial charge >= 0.3 is 5.69 Å². The van der Waals surface area contributed by atoms with E-state index in [0.717, 1.165) is 10.6 Å². The van der Waals surface area contributed by atoms with Crippen molar-refractivity contribution in [3.63, 3.8) is 0 Å². The number of aromatic nitrogens is 2. The van der Waals surface area contributed by atoms with E-state index >= 15 is 0 Å². The molecule has 1 heterocycles. The van der Waals surface area contributed by atoms with Crippen LogP contribution >= 0.6 is 15.9 Å². The summed E-state index contributed by atoms with van der Waals surface area (Å²) >= 11 is 3.04. The molecule has 6 heteroatoms. The highest BCUT2D eigenvalue weighted by Gasteiger charge is 2.03. The minimum absolute atomic E-state index is 0.113. The lowest BCUT2D eigenvalue weighted by atomic mass is 10.5. The summed E-state index contributed by atoms with van der Waals surface area (Å²) in [6.07, 6.45) is 0. The van der Waals surface area contributed by atoms with Gasteiger partial charge in [0.1, 0.15) is 0 Å². The van der Waals surface area contributed by atoms with E-state index in [1.165, 1.54) is 0 Å². The molecule has 0 aliphatic rings.